The Kier molecular flexibility index (Phi) is 3.93. The Morgan fingerprint density at radius 1 is 1.56 bits per heavy atom. The molecule has 0 bridgehead atoms. The minimum Gasteiger partial charge on any atom is -0.378 e. The zero-order valence-corrected chi connectivity index (χ0v) is 10.6. The monoisotopic (exact) mass is 249 g/mol. The van der Waals surface area contributed by atoms with Gasteiger partial charge in [0, 0.05) is 19.9 Å². The molecule has 2 rings (SSSR count). The Morgan fingerprint density at radius 3 is 2.78 bits per heavy atom. The van der Waals surface area contributed by atoms with Crippen LogP contribution in [0.1, 0.15) is 31.2 Å². The van der Waals surface area contributed by atoms with E-state index < -0.39 is 0 Å². The van der Waals surface area contributed by atoms with Crippen LogP contribution in [-0.4, -0.2) is 23.6 Å². The molecule has 1 saturated carbocycles. The van der Waals surface area contributed by atoms with Gasteiger partial charge in [-0.3, -0.25) is 4.79 Å². The number of nitrogens with one attached hydrogen (secondary N) is 1. The highest BCUT2D eigenvalue weighted by molar-refractivity contribution is 5.90. The van der Waals surface area contributed by atoms with E-state index in [4.69, 9.17) is 10.5 Å². The van der Waals surface area contributed by atoms with Gasteiger partial charge in [0.25, 0.3) is 0 Å². The molecule has 98 valence electrons. The number of pyridine rings is 1. The normalized spacial score (nSPS) is 17.0. The molecule has 0 aliphatic heterocycles. The molecule has 0 radical (unpaired) electrons. The lowest BCUT2D eigenvalue weighted by Gasteiger charge is -2.39. The van der Waals surface area contributed by atoms with Crippen LogP contribution in [0.5, 0.6) is 0 Å². The van der Waals surface area contributed by atoms with Gasteiger partial charge in [-0.05, 0) is 30.9 Å². The molecule has 18 heavy (non-hydrogen) atoms. The van der Waals surface area contributed by atoms with E-state index >= 15 is 0 Å². The molecule has 5 nitrogen and oxygen atoms in total. The smallest absolute Gasteiger partial charge is 0.228 e. The molecule has 1 amide bonds. The van der Waals surface area contributed by atoms with Crippen LogP contribution in [0.25, 0.3) is 0 Å². The second-order valence-electron chi connectivity index (χ2n) is 4.72. The largest absolute Gasteiger partial charge is 0.378 e. The summed E-state index contributed by atoms with van der Waals surface area (Å²) in [6, 6.07) is 3.62. The maximum absolute atomic E-state index is 11.9. The van der Waals surface area contributed by atoms with Gasteiger partial charge in [0.1, 0.15) is 5.82 Å². The molecular formula is C13H19N3O2. The highest BCUT2D eigenvalue weighted by Crippen LogP contribution is 2.38. The lowest BCUT2D eigenvalue weighted by atomic mass is 9.77. The van der Waals surface area contributed by atoms with Crippen molar-refractivity contribution in [3.8, 4) is 0 Å². The number of ether oxygens (including phenoxy) is 1. The standard InChI is InChI=1S/C13H19N3O2/c1-18-13(5-2-6-13)7-12(17)16-11-4-3-10(8-14)9-15-11/h3-4,9H,2,5-8,14H2,1H3,(H,15,16,17). The van der Waals surface area contributed by atoms with Crippen LogP contribution < -0.4 is 11.1 Å². The third kappa shape index (κ3) is 2.86. The van der Waals surface area contributed by atoms with E-state index in [9.17, 15) is 4.79 Å². The zero-order valence-electron chi connectivity index (χ0n) is 10.6. The summed E-state index contributed by atoms with van der Waals surface area (Å²) in [5, 5.41) is 2.78. The molecule has 1 aromatic rings. The fourth-order valence-electron chi connectivity index (χ4n) is 2.12. The predicted octanol–water partition coefficient (Wildman–Crippen LogP) is 1.44. The highest BCUT2D eigenvalue weighted by atomic mass is 16.5. The summed E-state index contributed by atoms with van der Waals surface area (Å²) in [4.78, 5) is 16.0. The molecule has 0 atom stereocenters. The van der Waals surface area contributed by atoms with Gasteiger partial charge in [0.15, 0.2) is 0 Å². The molecule has 0 spiro atoms. The Hall–Kier alpha value is -1.46. The molecule has 1 heterocycles. The third-order valence-corrected chi connectivity index (χ3v) is 3.51. The topological polar surface area (TPSA) is 77.2 Å². The van der Waals surface area contributed by atoms with E-state index in [1.807, 2.05) is 6.07 Å². The lowest BCUT2D eigenvalue weighted by molar-refractivity contribution is -0.129. The Morgan fingerprint density at radius 2 is 2.33 bits per heavy atom. The third-order valence-electron chi connectivity index (χ3n) is 3.51. The van der Waals surface area contributed by atoms with Crippen LogP contribution in [0.2, 0.25) is 0 Å². The fourth-order valence-corrected chi connectivity index (χ4v) is 2.12. The minimum absolute atomic E-state index is 0.0513. The molecule has 1 fully saturated rings. The number of amides is 1. The Balaban J connectivity index is 1.90. The summed E-state index contributed by atoms with van der Waals surface area (Å²) in [6.07, 6.45) is 5.10. The fraction of sp³-hybridized carbons (Fsp3) is 0.538. The maximum atomic E-state index is 11.9. The molecule has 3 N–H and O–H groups in total. The first kappa shape index (κ1) is 13.0. The summed E-state index contributed by atoms with van der Waals surface area (Å²) in [7, 11) is 1.67. The van der Waals surface area contributed by atoms with Gasteiger partial charge in [0.05, 0.1) is 12.0 Å². The van der Waals surface area contributed by atoms with Crippen LogP contribution in [0.15, 0.2) is 18.3 Å². The average molecular weight is 249 g/mol. The number of nitrogens with zero attached hydrogens (tertiary/aromatic N) is 1. The summed E-state index contributed by atoms with van der Waals surface area (Å²) >= 11 is 0. The summed E-state index contributed by atoms with van der Waals surface area (Å²) in [5.41, 5.74) is 6.18. The minimum atomic E-state index is -0.249. The molecular weight excluding hydrogens is 230 g/mol. The number of nitrogens with two attached hydrogens (primary N) is 1. The molecule has 0 saturated heterocycles. The van der Waals surface area contributed by atoms with Crippen LogP contribution >= 0.6 is 0 Å². The molecule has 0 unspecified atom stereocenters. The Bertz CT molecular complexity index is 407. The van der Waals surface area contributed by atoms with Gasteiger partial charge >= 0.3 is 0 Å². The number of carbonyl (C=O) groups is 1. The van der Waals surface area contributed by atoms with Crippen molar-refractivity contribution in [3.63, 3.8) is 0 Å². The van der Waals surface area contributed by atoms with Gasteiger partial charge in [-0.25, -0.2) is 4.98 Å². The summed E-state index contributed by atoms with van der Waals surface area (Å²) in [5.74, 6) is 0.507. The van der Waals surface area contributed by atoms with Crippen LogP contribution in [0.3, 0.4) is 0 Å². The van der Waals surface area contributed by atoms with Gasteiger partial charge in [-0.15, -0.1) is 0 Å². The summed E-state index contributed by atoms with van der Waals surface area (Å²) < 4.78 is 5.42. The van der Waals surface area contributed by atoms with Gasteiger partial charge in [-0.2, -0.15) is 0 Å². The number of carbonyl (C=O) groups excluding carboxylic acids is 1. The van der Waals surface area contributed by atoms with E-state index in [1.165, 1.54) is 0 Å². The number of hydrogen-bond donors (Lipinski definition) is 2. The van der Waals surface area contributed by atoms with Crippen LogP contribution in [-0.2, 0) is 16.1 Å². The van der Waals surface area contributed by atoms with Crippen molar-refractivity contribution in [3.05, 3.63) is 23.9 Å². The molecule has 0 aromatic carbocycles. The highest BCUT2D eigenvalue weighted by Gasteiger charge is 2.38. The van der Waals surface area contributed by atoms with Gasteiger partial charge < -0.3 is 15.8 Å². The molecule has 1 aliphatic rings. The van der Waals surface area contributed by atoms with Gasteiger partial charge in [0.2, 0.25) is 5.91 Å². The van der Waals surface area contributed by atoms with Crippen molar-refractivity contribution in [2.45, 2.75) is 37.8 Å². The first-order valence-corrected chi connectivity index (χ1v) is 6.17. The number of methoxy groups -OCH3 is 1. The molecule has 5 heteroatoms. The van der Waals surface area contributed by atoms with Crippen molar-refractivity contribution >= 4 is 11.7 Å². The van der Waals surface area contributed by atoms with Crippen molar-refractivity contribution in [1.82, 2.24) is 4.98 Å². The summed E-state index contributed by atoms with van der Waals surface area (Å²) in [6.45, 7) is 0.452. The second kappa shape index (κ2) is 5.46. The van der Waals surface area contributed by atoms with Crippen molar-refractivity contribution in [2.75, 3.05) is 12.4 Å². The second-order valence-corrected chi connectivity index (χ2v) is 4.72. The predicted molar refractivity (Wildman–Crippen MR) is 69.0 cm³/mol. The number of rotatable bonds is 5. The zero-order chi connectivity index (χ0) is 13.0. The lowest BCUT2D eigenvalue weighted by Crippen LogP contribution is -2.42. The number of aromatic nitrogens is 1. The van der Waals surface area contributed by atoms with Crippen molar-refractivity contribution < 1.29 is 9.53 Å². The van der Waals surface area contributed by atoms with E-state index in [1.54, 1.807) is 19.4 Å². The van der Waals surface area contributed by atoms with Crippen LogP contribution in [0, 0.1) is 0 Å². The molecule has 1 aliphatic carbocycles. The van der Waals surface area contributed by atoms with E-state index in [0.29, 0.717) is 18.8 Å². The first-order valence-electron chi connectivity index (χ1n) is 6.17. The SMILES string of the molecule is COC1(CC(=O)Nc2ccc(CN)cn2)CCC1. The number of hydrogen-bond acceptors (Lipinski definition) is 4. The van der Waals surface area contributed by atoms with E-state index in [-0.39, 0.29) is 11.5 Å². The quantitative estimate of drug-likeness (QED) is 0.827. The van der Waals surface area contributed by atoms with E-state index in [2.05, 4.69) is 10.3 Å². The van der Waals surface area contributed by atoms with Gasteiger partial charge in [-0.1, -0.05) is 6.07 Å². The van der Waals surface area contributed by atoms with Crippen LogP contribution in [0.4, 0.5) is 5.82 Å². The molecule has 1 aromatic heterocycles. The number of anilines is 1. The Labute approximate surface area is 107 Å². The first-order chi connectivity index (χ1) is 8.67. The van der Waals surface area contributed by atoms with E-state index in [0.717, 1.165) is 24.8 Å². The van der Waals surface area contributed by atoms with Crippen molar-refractivity contribution in [2.24, 2.45) is 5.73 Å². The maximum Gasteiger partial charge on any atom is 0.228 e. The average Bonchev–Trinajstić information content (AvgIpc) is 2.35. The van der Waals surface area contributed by atoms with Crippen molar-refractivity contribution in [1.29, 1.82) is 0 Å².